The van der Waals surface area contributed by atoms with Crippen molar-refractivity contribution in [2.75, 3.05) is 20.6 Å². The molecule has 0 fully saturated rings. The Hall–Kier alpha value is -3.03. The minimum atomic E-state index is -0.0978. The summed E-state index contributed by atoms with van der Waals surface area (Å²) in [5.74, 6) is 0.837. The number of benzene rings is 1. The van der Waals surface area contributed by atoms with Gasteiger partial charge in [0.25, 0.3) is 5.56 Å². The first-order valence-corrected chi connectivity index (χ1v) is 9.71. The lowest BCUT2D eigenvalue weighted by Gasteiger charge is -2.28. The monoisotopic (exact) mass is 391 g/mol. The predicted octanol–water partition coefficient (Wildman–Crippen LogP) is 2.16. The number of aromatic nitrogens is 3. The zero-order chi connectivity index (χ0) is 20.4. The number of rotatable bonds is 5. The maximum absolute atomic E-state index is 12.7. The summed E-state index contributed by atoms with van der Waals surface area (Å²) in [4.78, 5) is 28.8. The van der Waals surface area contributed by atoms with E-state index in [1.54, 1.807) is 12.3 Å². The lowest BCUT2D eigenvalue weighted by Crippen LogP contribution is -2.35. The Kier molecular flexibility index (Phi) is 5.42. The van der Waals surface area contributed by atoms with Crippen molar-refractivity contribution >= 4 is 0 Å². The Bertz CT molecular complexity index is 1060. The van der Waals surface area contributed by atoms with Crippen LogP contribution in [0.5, 0.6) is 5.75 Å². The molecule has 1 aromatic carbocycles. The second-order valence-electron chi connectivity index (χ2n) is 7.72. The molecule has 2 aromatic heterocycles. The summed E-state index contributed by atoms with van der Waals surface area (Å²) < 4.78 is 0. The summed E-state index contributed by atoms with van der Waals surface area (Å²) in [7, 11) is 3.96. The van der Waals surface area contributed by atoms with Crippen LogP contribution in [0.15, 0.2) is 47.4 Å². The van der Waals surface area contributed by atoms with Gasteiger partial charge in [-0.25, -0.2) is 4.98 Å². The number of hydrogen-bond acceptors (Lipinski definition) is 6. The van der Waals surface area contributed by atoms with Crippen LogP contribution in [0.1, 0.15) is 22.4 Å². The minimum absolute atomic E-state index is 0.0978. The third-order valence-electron chi connectivity index (χ3n) is 5.09. The first-order chi connectivity index (χ1) is 14.0. The van der Waals surface area contributed by atoms with E-state index >= 15 is 0 Å². The molecule has 0 unspecified atom stereocenters. The topological polar surface area (TPSA) is 85.4 Å². The molecule has 0 bridgehead atoms. The molecule has 3 heterocycles. The number of pyridine rings is 1. The van der Waals surface area contributed by atoms with Gasteiger partial charge >= 0.3 is 0 Å². The Morgan fingerprint density at radius 3 is 2.86 bits per heavy atom. The molecule has 0 saturated carbocycles. The molecule has 0 spiro atoms. The number of aromatic amines is 1. The number of fused-ring (bicyclic) bond motifs is 1. The van der Waals surface area contributed by atoms with E-state index in [1.165, 1.54) is 0 Å². The van der Waals surface area contributed by atoms with Crippen molar-refractivity contribution in [3.8, 4) is 17.3 Å². The smallest absolute Gasteiger partial charge is 0.255 e. The van der Waals surface area contributed by atoms with Crippen LogP contribution in [0.4, 0.5) is 0 Å². The van der Waals surface area contributed by atoms with Crippen LogP contribution in [0.2, 0.25) is 0 Å². The highest BCUT2D eigenvalue weighted by molar-refractivity contribution is 5.49. The van der Waals surface area contributed by atoms with Crippen LogP contribution < -0.4 is 5.56 Å². The molecule has 2 N–H and O–H groups in total. The Labute approximate surface area is 169 Å². The molecule has 1 aliphatic rings. The van der Waals surface area contributed by atoms with E-state index in [4.69, 9.17) is 0 Å². The fourth-order valence-electron chi connectivity index (χ4n) is 3.70. The average molecular weight is 391 g/mol. The zero-order valence-electron chi connectivity index (χ0n) is 16.7. The Morgan fingerprint density at radius 2 is 2.10 bits per heavy atom. The van der Waals surface area contributed by atoms with Crippen molar-refractivity contribution in [3.05, 3.63) is 75.3 Å². The van der Waals surface area contributed by atoms with Gasteiger partial charge in [0, 0.05) is 44.4 Å². The van der Waals surface area contributed by atoms with Crippen molar-refractivity contribution in [1.29, 1.82) is 0 Å². The highest BCUT2D eigenvalue weighted by Gasteiger charge is 2.22. The first-order valence-electron chi connectivity index (χ1n) is 9.71. The number of aromatic hydroxyl groups is 1. The number of phenolic OH excluding ortho intramolecular Hbond substituents is 1. The van der Waals surface area contributed by atoms with E-state index < -0.39 is 0 Å². The molecule has 3 aromatic rings. The molecule has 0 saturated heterocycles. The highest BCUT2D eigenvalue weighted by atomic mass is 16.3. The van der Waals surface area contributed by atoms with Crippen LogP contribution in [0.25, 0.3) is 11.5 Å². The maximum Gasteiger partial charge on any atom is 0.255 e. The van der Waals surface area contributed by atoms with Gasteiger partial charge in [0.15, 0.2) is 5.82 Å². The summed E-state index contributed by atoms with van der Waals surface area (Å²) >= 11 is 0. The summed E-state index contributed by atoms with van der Waals surface area (Å²) in [6.07, 6.45) is 2.42. The molecule has 7 nitrogen and oxygen atoms in total. The van der Waals surface area contributed by atoms with E-state index in [0.29, 0.717) is 30.4 Å². The third kappa shape index (κ3) is 4.36. The molecule has 7 heteroatoms. The number of phenols is 1. The standard InChI is InChI=1S/C22H25N5O2/c1-26(2)13-16-11-15(6-7-20(16)28)12-27-10-8-18-17(14-27)22(29)25-21(24-18)19-5-3-4-9-23-19/h3-7,9,11,28H,8,10,12-14H2,1-2H3,(H,24,25,29). The van der Waals surface area contributed by atoms with Crippen molar-refractivity contribution in [2.24, 2.45) is 0 Å². The molecule has 0 atom stereocenters. The molecule has 1 aliphatic heterocycles. The zero-order valence-corrected chi connectivity index (χ0v) is 16.7. The van der Waals surface area contributed by atoms with E-state index in [-0.39, 0.29) is 5.56 Å². The summed E-state index contributed by atoms with van der Waals surface area (Å²) in [6.45, 7) is 2.79. The summed E-state index contributed by atoms with van der Waals surface area (Å²) in [5.41, 5.74) is 4.18. The molecular weight excluding hydrogens is 366 g/mol. The maximum atomic E-state index is 12.7. The van der Waals surface area contributed by atoms with Gasteiger partial charge in [0.2, 0.25) is 0 Å². The van der Waals surface area contributed by atoms with Gasteiger partial charge in [-0.2, -0.15) is 0 Å². The molecule has 0 amide bonds. The van der Waals surface area contributed by atoms with Crippen LogP contribution >= 0.6 is 0 Å². The van der Waals surface area contributed by atoms with Crippen molar-refractivity contribution in [1.82, 2.24) is 24.8 Å². The van der Waals surface area contributed by atoms with Gasteiger partial charge in [0.1, 0.15) is 11.4 Å². The largest absolute Gasteiger partial charge is 0.508 e. The number of H-pyrrole nitrogens is 1. The van der Waals surface area contributed by atoms with Gasteiger partial charge < -0.3 is 15.0 Å². The number of hydrogen-bond donors (Lipinski definition) is 2. The lowest BCUT2D eigenvalue weighted by molar-refractivity contribution is 0.241. The Balaban J connectivity index is 1.53. The van der Waals surface area contributed by atoms with E-state index in [1.807, 2.05) is 49.3 Å². The number of nitrogens with one attached hydrogen (secondary N) is 1. The van der Waals surface area contributed by atoms with E-state index in [2.05, 4.69) is 19.9 Å². The third-order valence-corrected chi connectivity index (χ3v) is 5.09. The van der Waals surface area contributed by atoms with Gasteiger partial charge in [-0.1, -0.05) is 12.1 Å². The van der Waals surface area contributed by atoms with E-state index in [0.717, 1.165) is 41.9 Å². The summed E-state index contributed by atoms with van der Waals surface area (Å²) in [5, 5.41) is 10.1. The van der Waals surface area contributed by atoms with Crippen molar-refractivity contribution in [2.45, 2.75) is 26.1 Å². The molecule has 4 rings (SSSR count). The van der Waals surface area contributed by atoms with Crippen LogP contribution in [0.3, 0.4) is 0 Å². The first kappa shape index (κ1) is 19.3. The quantitative estimate of drug-likeness (QED) is 0.693. The Morgan fingerprint density at radius 1 is 1.24 bits per heavy atom. The summed E-state index contributed by atoms with van der Waals surface area (Å²) in [6, 6.07) is 11.3. The molecular formula is C22H25N5O2. The lowest BCUT2D eigenvalue weighted by atomic mass is 10.0. The van der Waals surface area contributed by atoms with Gasteiger partial charge in [0.05, 0.1) is 11.3 Å². The normalized spacial score (nSPS) is 14.2. The fraction of sp³-hybridized carbons (Fsp3) is 0.318. The highest BCUT2D eigenvalue weighted by Crippen LogP contribution is 2.23. The predicted molar refractivity (Wildman–Crippen MR) is 111 cm³/mol. The minimum Gasteiger partial charge on any atom is -0.508 e. The van der Waals surface area contributed by atoms with Gasteiger partial charge in [-0.3, -0.25) is 14.7 Å². The second-order valence-corrected chi connectivity index (χ2v) is 7.72. The van der Waals surface area contributed by atoms with Crippen LogP contribution in [-0.2, 0) is 26.1 Å². The molecule has 29 heavy (non-hydrogen) atoms. The molecule has 150 valence electrons. The van der Waals surface area contributed by atoms with Gasteiger partial charge in [-0.15, -0.1) is 0 Å². The fourth-order valence-corrected chi connectivity index (χ4v) is 3.70. The van der Waals surface area contributed by atoms with Crippen LogP contribution in [0, 0.1) is 0 Å². The SMILES string of the molecule is CN(C)Cc1cc(CN2CCc3nc(-c4ccccn4)[nH]c(=O)c3C2)ccc1O. The average Bonchev–Trinajstić information content (AvgIpc) is 2.71. The van der Waals surface area contributed by atoms with Crippen LogP contribution in [-0.4, -0.2) is 50.5 Å². The second kappa shape index (κ2) is 8.14. The molecule has 0 aliphatic carbocycles. The van der Waals surface area contributed by atoms with Gasteiger partial charge in [-0.05, 0) is 43.9 Å². The van der Waals surface area contributed by atoms with Crippen molar-refractivity contribution < 1.29 is 5.11 Å². The number of nitrogens with zero attached hydrogens (tertiary/aromatic N) is 4. The molecule has 0 radical (unpaired) electrons. The van der Waals surface area contributed by atoms with E-state index in [9.17, 15) is 9.90 Å². The van der Waals surface area contributed by atoms with Crippen molar-refractivity contribution in [3.63, 3.8) is 0 Å².